The lowest BCUT2D eigenvalue weighted by molar-refractivity contribution is 0.0747. The van der Waals surface area contributed by atoms with E-state index in [0.717, 1.165) is 24.5 Å². The number of methoxy groups -OCH3 is 1. The predicted octanol–water partition coefficient (Wildman–Crippen LogP) is 3.97. The minimum atomic E-state index is -0.203. The Bertz CT molecular complexity index is 1030. The largest absolute Gasteiger partial charge is 0.495 e. The molecule has 1 saturated heterocycles. The van der Waals surface area contributed by atoms with Gasteiger partial charge in [0, 0.05) is 26.2 Å². The molecule has 7 heteroatoms. The third-order valence-electron chi connectivity index (χ3n) is 5.14. The Morgan fingerprint density at radius 2 is 1.67 bits per heavy atom. The third-order valence-corrected chi connectivity index (χ3v) is 6.01. The molecular formula is C23H23N3O3S. The second kappa shape index (κ2) is 9.00. The van der Waals surface area contributed by atoms with Crippen LogP contribution in [-0.2, 0) is 0 Å². The molecule has 1 N–H and O–H groups in total. The van der Waals surface area contributed by atoms with Crippen molar-refractivity contribution < 1.29 is 14.3 Å². The standard InChI is InChI=1S/C23H23N3O3S/c1-29-20-10-5-4-9-19(20)25-12-14-26(15-13-25)23(28)17-7-2-3-8-18(17)24-22(27)21-11-6-16-30-21/h2-11,16H,12-15H2,1H3,(H,24,27). The van der Waals surface area contributed by atoms with Gasteiger partial charge in [0.15, 0.2) is 0 Å². The van der Waals surface area contributed by atoms with E-state index in [1.54, 1.807) is 25.3 Å². The van der Waals surface area contributed by atoms with Gasteiger partial charge in [-0.25, -0.2) is 0 Å². The lowest BCUT2D eigenvalue weighted by atomic mass is 10.1. The van der Waals surface area contributed by atoms with E-state index in [1.807, 2.05) is 52.7 Å². The first kappa shape index (κ1) is 20.0. The van der Waals surface area contributed by atoms with Gasteiger partial charge in [-0.15, -0.1) is 11.3 Å². The summed E-state index contributed by atoms with van der Waals surface area (Å²) in [5.74, 6) is 0.557. The van der Waals surface area contributed by atoms with Crippen molar-refractivity contribution in [2.45, 2.75) is 0 Å². The Morgan fingerprint density at radius 1 is 0.933 bits per heavy atom. The molecule has 2 aromatic carbocycles. The highest BCUT2D eigenvalue weighted by molar-refractivity contribution is 7.12. The highest BCUT2D eigenvalue weighted by Crippen LogP contribution is 2.29. The van der Waals surface area contributed by atoms with Crippen LogP contribution in [0.3, 0.4) is 0 Å². The van der Waals surface area contributed by atoms with Crippen molar-refractivity contribution in [3.05, 3.63) is 76.5 Å². The number of ether oxygens (including phenoxy) is 1. The molecule has 0 aliphatic carbocycles. The minimum absolute atomic E-state index is 0.0724. The van der Waals surface area contributed by atoms with Crippen LogP contribution in [0, 0.1) is 0 Å². The van der Waals surface area contributed by atoms with Crippen molar-refractivity contribution in [2.75, 3.05) is 43.5 Å². The number of carbonyl (C=O) groups excluding carboxylic acids is 2. The maximum absolute atomic E-state index is 13.2. The van der Waals surface area contributed by atoms with Gasteiger partial charge in [0.2, 0.25) is 0 Å². The molecule has 2 heterocycles. The predicted molar refractivity (Wildman–Crippen MR) is 120 cm³/mol. The summed E-state index contributed by atoms with van der Waals surface area (Å²) < 4.78 is 5.46. The number of anilines is 2. The molecule has 1 fully saturated rings. The van der Waals surface area contributed by atoms with E-state index < -0.39 is 0 Å². The van der Waals surface area contributed by atoms with Crippen LogP contribution in [0.15, 0.2) is 66.0 Å². The highest BCUT2D eigenvalue weighted by atomic mass is 32.1. The van der Waals surface area contributed by atoms with Crippen molar-refractivity contribution in [1.29, 1.82) is 0 Å². The monoisotopic (exact) mass is 421 g/mol. The van der Waals surface area contributed by atoms with E-state index in [9.17, 15) is 9.59 Å². The molecule has 3 aromatic rings. The van der Waals surface area contributed by atoms with Gasteiger partial charge in [0.05, 0.1) is 28.9 Å². The van der Waals surface area contributed by atoms with Gasteiger partial charge < -0.3 is 19.9 Å². The smallest absolute Gasteiger partial charge is 0.265 e. The first-order valence-electron chi connectivity index (χ1n) is 9.78. The Hall–Kier alpha value is -3.32. The molecule has 0 spiro atoms. The summed E-state index contributed by atoms with van der Waals surface area (Å²) in [6.45, 7) is 2.64. The van der Waals surface area contributed by atoms with Crippen molar-refractivity contribution in [2.24, 2.45) is 0 Å². The Kier molecular flexibility index (Phi) is 5.99. The number of hydrogen-bond acceptors (Lipinski definition) is 5. The number of nitrogens with one attached hydrogen (secondary N) is 1. The van der Waals surface area contributed by atoms with E-state index in [-0.39, 0.29) is 11.8 Å². The summed E-state index contributed by atoms with van der Waals surface area (Å²) in [6.07, 6.45) is 0. The van der Waals surface area contributed by atoms with Gasteiger partial charge in [-0.3, -0.25) is 9.59 Å². The van der Waals surface area contributed by atoms with E-state index >= 15 is 0 Å². The fourth-order valence-electron chi connectivity index (χ4n) is 3.58. The molecular weight excluding hydrogens is 398 g/mol. The highest BCUT2D eigenvalue weighted by Gasteiger charge is 2.25. The average Bonchev–Trinajstić information content (AvgIpc) is 3.34. The second-order valence-electron chi connectivity index (χ2n) is 6.93. The van der Waals surface area contributed by atoms with Crippen LogP contribution in [0.1, 0.15) is 20.0 Å². The molecule has 6 nitrogen and oxygen atoms in total. The van der Waals surface area contributed by atoms with E-state index in [0.29, 0.717) is 29.2 Å². The number of para-hydroxylation sites is 3. The molecule has 4 rings (SSSR count). The van der Waals surface area contributed by atoms with Gasteiger partial charge in [0.25, 0.3) is 11.8 Å². The van der Waals surface area contributed by atoms with Gasteiger partial charge >= 0.3 is 0 Å². The normalized spacial score (nSPS) is 13.8. The Labute approximate surface area is 179 Å². The SMILES string of the molecule is COc1ccccc1N1CCN(C(=O)c2ccccc2NC(=O)c2cccs2)CC1. The minimum Gasteiger partial charge on any atom is -0.495 e. The third kappa shape index (κ3) is 4.16. The van der Waals surface area contributed by atoms with Gasteiger partial charge in [-0.05, 0) is 35.7 Å². The van der Waals surface area contributed by atoms with Crippen molar-refractivity contribution in [1.82, 2.24) is 4.90 Å². The fourth-order valence-corrected chi connectivity index (χ4v) is 4.20. The van der Waals surface area contributed by atoms with Crippen LogP contribution < -0.4 is 15.0 Å². The summed E-state index contributed by atoms with van der Waals surface area (Å²) in [5.41, 5.74) is 2.08. The molecule has 1 aliphatic heterocycles. The van der Waals surface area contributed by atoms with Gasteiger partial charge in [-0.2, -0.15) is 0 Å². The molecule has 30 heavy (non-hydrogen) atoms. The topological polar surface area (TPSA) is 61.9 Å². The Morgan fingerprint density at radius 3 is 2.40 bits per heavy atom. The number of hydrogen-bond donors (Lipinski definition) is 1. The zero-order chi connectivity index (χ0) is 20.9. The van der Waals surface area contributed by atoms with Gasteiger partial charge in [0.1, 0.15) is 5.75 Å². The molecule has 1 aromatic heterocycles. The average molecular weight is 422 g/mol. The number of thiophene rings is 1. The molecule has 0 unspecified atom stereocenters. The summed E-state index contributed by atoms with van der Waals surface area (Å²) in [5, 5.41) is 4.73. The summed E-state index contributed by atoms with van der Waals surface area (Å²) >= 11 is 1.37. The van der Waals surface area contributed by atoms with Crippen LogP contribution in [-0.4, -0.2) is 50.0 Å². The number of benzene rings is 2. The zero-order valence-electron chi connectivity index (χ0n) is 16.7. The van der Waals surface area contributed by atoms with Crippen molar-refractivity contribution in [3.8, 4) is 5.75 Å². The summed E-state index contributed by atoms with van der Waals surface area (Å²) in [7, 11) is 1.67. The maximum atomic E-state index is 13.2. The molecule has 2 amide bonds. The first-order valence-corrected chi connectivity index (χ1v) is 10.7. The van der Waals surface area contributed by atoms with E-state index in [4.69, 9.17) is 4.74 Å². The van der Waals surface area contributed by atoms with Gasteiger partial charge in [-0.1, -0.05) is 30.3 Å². The molecule has 0 bridgehead atoms. The molecule has 1 aliphatic rings. The van der Waals surface area contributed by atoms with Crippen LogP contribution in [0.2, 0.25) is 0 Å². The van der Waals surface area contributed by atoms with Crippen LogP contribution >= 0.6 is 11.3 Å². The lowest BCUT2D eigenvalue weighted by Gasteiger charge is -2.36. The zero-order valence-corrected chi connectivity index (χ0v) is 17.5. The fraction of sp³-hybridized carbons (Fsp3) is 0.217. The van der Waals surface area contributed by atoms with E-state index in [2.05, 4.69) is 10.2 Å². The number of amides is 2. The maximum Gasteiger partial charge on any atom is 0.265 e. The van der Waals surface area contributed by atoms with Crippen LogP contribution in [0.4, 0.5) is 11.4 Å². The number of piperazine rings is 1. The molecule has 0 atom stereocenters. The summed E-state index contributed by atoms with van der Waals surface area (Å²) in [4.78, 5) is 30.3. The van der Waals surface area contributed by atoms with Crippen molar-refractivity contribution in [3.63, 3.8) is 0 Å². The van der Waals surface area contributed by atoms with E-state index in [1.165, 1.54) is 11.3 Å². The second-order valence-corrected chi connectivity index (χ2v) is 7.88. The molecule has 0 saturated carbocycles. The van der Waals surface area contributed by atoms with Crippen molar-refractivity contribution >= 4 is 34.5 Å². The summed E-state index contributed by atoms with van der Waals surface area (Å²) in [6, 6.07) is 18.7. The Balaban J connectivity index is 1.45. The van der Waals surface area contributed by atoms with Crippen LogP contribution in [0.25, 0.3) is 0 Å². The quantitative estimate of drug-likeness (QED) is 0.677. The number of nitrogens with zero attached hydrogens (tertiary/aromatic N) is 2. The lowest BCUT2D eigenvalue weighted by Crippen LogP contribution is -2.49. The number of carbonyl (C=O) groups is 2. The first-order chi connectivity index (χ1) is 14.7. The number of rotatable bonds is 5. The molecule has 0 radical (unpaired) electrons. The molecule has 154 valence electrons. The van der Waals surface area contributed by atoms with Crippen LogP contribution in [0.5, 0.6) is 5.75 Å².